The number of unbranched alkanes of at least 4 members (excludes halogenated alkanes) is 1. The summed E-state index contributed by atoms with van der Waals surface area (Å²) in [5.41, 5.74) is 2.02. The van der Waals surface area contributed by atoms with E-state index in [0.717, 1.165) is 12.0 Å². The van der Waals surface area contributed by atoms with E-state index >= 15 is 0 Å². The lowest BCUT2D eigenvalue weighted by Gasteiger charge is -2.30. The molecule has 0 atom stereocenters. The van der Waals surface area contributed by atoms with Gasteiger partial charge in [-0.3, -0.25) is 4.79 Å². The fourth-order valence-electron chi connectivity index (χ4n) is 2.65. The van der Waals surface area contributed by atoms with Gasteiger partial charge in [0.25, 0.3) is 10.1 Å². The minimum atomic E-state index is -3.55. The highest BCUT2D eigenvalue weighted by atomic mass is 32.3. The van der Waals surface area contributed by atoms with Crippen LogP contribution >= 0.6 is 10.3 Å². The van der Waals surface area contributed by atoms with Gasteiger partial charge in [-0.25, -0.2) is 3.63 Å². The predicted octanol–water partition coefficient (Wildman–Crippen LogP) is 4.54. The lowest BCUT2D eigenvalue weighted by atomic mass is 9.99. The van der Waals surface area contributed by atoms with Crippen LogP contribution in [0.4, 0.5) is 0 Å². The average molecular weight is 395 g/mol. The summed E-state index contributed by atoms with van der Waals surface area (Å²) in [6.07, 6.45) is 5.02. The molecule has 0 unspecified atom stereocenters. The van der Waals surface area contributed by atoms with E-state index in [4.69, 9.17) is 3.63 Å². The van der Waals surface area contributed by atoms with Crippen LogP contribution in [0, 0.1) is 0 Å². The zero-order chi connectivity index (χ0) is 19.2. The lowest BCUT2D eigenvalue weighted by molar-refractivity contribution is 0.103. The summed E-state index contributed by atoms with van der Waals surface area (Å²) in [5, 5.41) is 0. The summed E-state index contributed by atoms with van der Waals surface area (Å²) in [6.45, 7) is 1.94. The molecule has 0 aliphatic heterocycles. The second kappa shape index (κ2) is 8.84. The van der Waals surface area contributed by atoms with Crippen molar-refractivity contribution < 1.29 is 16.8 Å². The number of rotatable bonds is 9. The SMILES string of the molecule is CCCCS(=O)(=O)OS(C)(C)Cc1ccccc1C(=O)c1ccccc1. The summed E-state index contributed by atoms with van der Waals surface area (Å²) in [5.74, 6) is 0.377. The molecule has 2 rings (SSSR count). The van der Waals surface area contributed by atoms with Gasteiger partial charge in [0.15, 0.2) is 5.78 Å². The van der Waals surface area contributed by atoms with Gasteiger partial charge < -0.3 is 0 Å². The zero-order valence-electron chi connectivity index (χ0n) is 15.5. The Labute approximate surface area is 158 Å². The molecule has 0 radical (unpaired) electrons. The number of hydrogen-bond acceptors (Lipinski definition) is 4. The first-order chi connectivity index (χ1) is 12.2. The van der Waals surface area contributed by atoms with E-state index in [2.05, 4.69) is 0 Å². The van der Waals surface area contributed by atoms with Crippen molar-refractivity contribution >= 4 is 26.2 Å². The second-order valence-electron chi connectivity index (χ2n) is 6.62. The Kier molecular flexibility index (Phi) is 7.03. The normalized spacial score (nSPS) is 12.7. The van der Waals surface area contributed by atoms with Crippen LogP contribution in [0.3, 0.4) is 0 Å². The summed E-state index contributed by atoms with van der Waals surface area (Å²) < 4.78 is 29.9. The molecule has 0 saturated heterocycles. The van der Waals surface area contributed by atoms with Crippen molar-refractivity contribution in [1.29, 1.82) is 0 Å². The Balaban J connectivity index is 2.23. The monoisotopic (exact) mass is 394 g/mol. The first-order valence-corrected chi connectivity index (χ1v) is 12.7. The molecular formula is C20H26O4S2. The van der Waals surface area contributed by atoms with Crippen molar-refractivity contribution in [1.82, 2.24) is 0 Å². The lowest BCUT2D eigenvalue weighted by Crippen LogP contribution is -2.16. The number of benzene rings is 2. The van der Waals surface area contributed by atoms with Gasteiger partial charge in [0, 0.05) is 16.9 Å². The quantitative estimate of drug-likeness (QED) is 0.586. The van der Waals surface area contributed by atoms with E-state index in [-0.39, 0.29) is 11.5 Å². The standard InChI is InChI=1S/C20H26O4S2/c1-4-5-15-26(22,23)24-25(2,3)16-18-13-9-10-14-19(18)20(21)17-11-7-6-8-12-17/h6-14H,4-5,15-16H2,1-3H3. The van der Waals surface area contributed by atoms with Crippen LogP contribution in [0.5, 0.6) is 0 Å². The van der Waals surface area contributed by atoms with E-state index in [1.165, 1.54) is 0 Å². The third-order valence-corrected chi connectivity index (χ3v) is 7.93. The molecule has 142 valence electrons. The van der Waals surface area contributed by atoms with Gasteiger partial charge in [-0.2, -0.15) is 8.42 Å². The van der Waals surface area contributed by atoms with Gasteiger partial charge in [-0.05, 0) is 24.5 Å². The fraction of sp³-hybridized carbons (Fsp3) is 0.350. The van der Waals surface area contributed by atoms with Crippen molar-refractivity contribution in [2.24, 2.45) is 0 Å². The van der Waals surface area contributed by atoms with Gasteiger partial charge in [-0.15, -0.1) is 10.3 Å². The van der Waals surface area contributed by atoms with Crippen LogP contribution in [-0.2, 0) is 19.5 Å². The highest BCUT2D eigenvalue weighted by Gasteiger charge is 2.25. The molecule has 4 nitrogen and oxygen atoms in total. The minimum Gasteiger partial charge on any atom is -0.289 e. The first-order valence-electron chi connectivity index (χ1n) is 8.56. The summed E-state index contributed by atoms with van der Waals surface area (Å²) in [7, 11) is -5.46. The van der Waals surface area contributed by atoms with Crippen molar-refractivity contribution in [3.8, 4) is 0 Å². The molecule has 0 aliphatic carbocycles. The molecule has 0 amide bonds. The third kappa shape index (κ3) is 5.97. The largest absolute Gasteiger partial charge is 0.289 e. The fourth-order valence-corrected chi connectivity index (χ4v) is 7.00. The predicted molar refractivity (Wildman–Crippen MR) is 109 cm³/mol. The average Bonchev–Trinajstić information content (AvgIpc) is 2.59. The Bertz CT molecular complexity index is 843. The van der Waals surface area contributed by atoms with Gasteiger partial charge in [0.05, 0.1) is 5.75 Å². The smallest absolute Gasteiger partial charge is 0.276 e. The van der Waals surface area contributed by atoms with Crippen LogP contribution in [0.1, 0.15) is 41.3 Å². The van der Waals surface area contributed by atoms with Crippen LogP contribution in [-0.4, -0.2) is 32.5 Å². The molecule has 2 aromatic carbocycles. The first kappa shape index (κ1) is 20.7. The molecule has 0 heterocycles. The maximum absolute atomic E-state index is 12.8. The van der Waals surface area contributed by atoms with Crippen molar-refractivity contribution in [3.63, 3.8) is 0 Å². The summed E-state index contributed by atoms with van der Waals surface area (Å²) >= 11 is 0. The molecule has 0 N–H and O–H groups in total. The zero-order valence-corrected chi connectivity index (χ0v) is 17.1. The molecular weight excluding hydrogens is 368 g/mol. The van der Waals surface area contributed by atoms with Gasteiger partial charge >= 0.3 is 0 Å². The molecule has 0 spiro atoms. The molecule has 0 fully saturated rings. The molecule has 0 bridgehead atoms. The Morgan fingerprint density at radius 3 is 2.23 bits per heavy atom. The maximum Gasteiger partial charge on any atom is 0.276 e. The van der Waals surface area contributed by atoms with E-state index < -0.39 is 20.4 Å². The van der Waals surface area contributed by atoms with Crippen LogP contribution in [0.2, 0.25) is 0 Å². The number of ketones is 1. The molecule has 2 aromatic rings. The maximum atomic E-state index is 12.8. The molecule has 26 heavy (non-hydrogen) atoms. The summed E-state index contributed by atoms with van der Waals surface area (Å²) in [4.78, 5) is 12.8. The summed E-state index contributed by atoms with van der Waals surface area (Å²) in [6, 6.07) is 16.4. The van der Waals surface area contributed by atoms with Gasteiger partial charge in [0.1, 0.15) is 0 Å². The Hall–Kier alpha value is -1.63. The van der Waals surface area contributed by atoms with Crippen LogP contribution < -0.4 is 0 Å². The molecule has 0 saturated carbocycles. The van der Waals surface area contributed by atoms with Crippen LogP contribution in [0.25, 0.3) is 0 Å². The molecule has 6 heteroatoms. The Morgan fingerprint density at radius 1 is 0.962 bits per heavy atom. The second-order valence-corrected chi connectivity index (χ2v) is 11.8. The van der Waals surface area contributed by atoms with Crippen molar-refractivity contribution in [2.75, 3.05) is 18.3 Å². The molecule has 0 aromatic heterocycles. The van der Waals surface area contributed by atoms with Gasteiger partial charge in [-0.1, -0.05) is 67.9 Å². The topological polar surface area (TPSA) is 60.4 Å². The minimum absolute atomic E-state index is 0.0323. The van der Waals surface area contributed by atoms with Gasteiger partial charge in [0.2, 0.25) is 0 Å². The van der Waals surface area contributed by atoms with E-state index in [1.807, 2.05) is 55.8 Å². The highest BCUT2D eigenvalue weighted by Crippen LogP contribution is 2.47. The van der Waals surface area contributed by atoms with Crippen molar-refractivity contribution in [3.05, 3.63) is 71.3 Å². The number of hydrogen-bond donors (Lipinski definition) is 0. The van der Waals surface area contributed by atoms with E-state index in [0.29, 0.717) is 23.3 Å². The van der Waals surface area contributed by atoms with E-state index in [9.17, 15) is 13.2 Å². The third-order valence-electron chi connectivity index (χ3n) is 3.84. The van der Waals surface area contributed by atoms with E-state index in [1.54, 1.807) is 18.2 Å². The van der Waals surface area contributed by atoms with Crippen LogP contribution in [0.15, 0.2) is 54.6 Å². The van der Waals surface area contributed by atoms with Crippen molar-refractivity contribution in [2.45, 2.75) is 25.5 Å². The Morgan fingerprint density at radius 2 is 1.58 bits per heavy atom. The molecule has 0 aliphatic rings. The number of carbonyl (C=O) groups is 1. The number of carbonyl (C=O) groups excluding carboxylic acids is 1. The highest BCUT2D eigenvalue weighted by molar-refractivity contribution is 8.31.